The second-order valence-electron chi connectivity index (χ2n) is 4.10. The monoisotopic (exact) mass is 208 g/mol. The van der Waals surface area contributed by atoms with Gasteiger partial charge >= 0.3 is 0 Å². The number of rotatable bonds is 1. The van der Waals surface area contributed by atoms with E-state index in [1.54, 1.807) is 0 Å². The first-order chi connectivity index (χ1) is 7.84. The number of nitrogens with zero attached hydrogens (tertiary/aromatic N) is 2. The minimum Gasteiger partial charge on any atom is -0.262 e. The molecule has 1 aliphatic rings. The third-order valence-corrected chi connectivity index (χ3v) is 2.93. The van der Waals surface area contributed by atoms with Gasteiger partial charge in [0.15, 0.2) is 0 Å². The molecule has 16 heavy (non-hydrogen) atoms. The van der Waals surface area contributed by atoms with Crippen LogP contribution in [-0.2, 0) is 0 Å². The summed E-state index contributed by atoms with van der Waals surface area (Å²) in [7, 11) is 0. The van der Waals surface area contributed by atoms with Gasteiger partial charge in [-0.05, 0) is 24.1 Å². The highest BCUT2D eigenvalue weighted by atomic mass is 14.8. The molecular weight excluding hydrogens is 196 g/mol. The number of benzene rings is 1. The molecule has 2 heteroatoms. The van der Waals surface area contributed by atoms with Gasteiger partial charge in [-0.2, -0.15) is 0 Å². The summed E-state index contributed by atoms with van der Waals surface area (Å²) >= 11 is 0. The van der Waals surface area contributed by atoms with Crippen molar-refractivity contribution in [2.45, 2.75) is 12.8 Å². The van der Waals surface area contributed by atoms with Crippen LogP contribution in [0.4, 0.5) is 5.69 Å². The summed E-state index contributed by atoms with van der Waals surface area (Å²) in [5.41, 5.74) is 4.83. The fourth-order valence-corrected chi connectivity index (χ4v) is 2.13. The normalized spacial score (nSPS) is 17.4. The van der Waals surface area contributed by atoms with Crippen molar-refractivity contribution in [3.8, 4) is 0 Å². The molecule has 0 N–H and O–H groups in total. The van der Waals surface area contributed by atoms with E-state index in [-0.39, 0.29) is 5.92 Å². The van der Waals surface area contributed by atoms with Crippen LogP contribution in [0.2, 0.25) is 0 Å². The summed E-state index contributed by atoms with van der Waals surface area (Å²) in [6, 6.07) is 10.6. The van der Waals surface area contributed by atoms with Crippen molar-refractivity contribution in [3.63, 3.8) is 0 Å². The maximum atomic E-state index is 4.40. The van der Waals surface area contributed by atoms with E-state index < -0.39 is 0 Å². The first-order valence-electron chi connectivity index (χ1n) is 5.39. The number of hydrogen-bond donors (Lipinski definition) is 0. The van der Waals surface area contributed by atoms with E-state index in [2.05, 4.69) is 47.2 Å². The molecule has 1 unspecified atom stereocenters. The average molecular weight is 208 g/mol. The van der Waals surface area contributed by atoms with Crippen LogP contribution in [0.3, 0.4) is 0 Å². The third-order valence-electron chi connectivity index (χ3n) is 2.93. The van der Waals surface area contributed by atoms with Crippen molar-refractivity contribution in [1.82, 2.24) is 4.98 Å². The number of hydrogen-bond acceptors (Lipinski definition) is 2. The van der Waals surface area contributed by atoms with Crippen molar-refractivity contribution >= 4 is 11.9 Å². The summed E-state index contributed by atoms with van der Waals surface area (Å²) in [5, 5.41) is 0. The molecule has 1 aromatic heterocycles. The zero-order valence-electron chi connectivity index (χ0n) is 9.09. The van der Waals surface area contributed by atoms with Crippen molar-refractivity contribution in [2.24, 2.45) is 4.99 Å². The molecule has 0 spiro atoms. The maximum Gasteiger partial charge on any atom is 0.0851 e. The topological polar surface area (TPSA) is 25.2 Å². The van der Waals surface area contributed by atoms with Crippen LogP contribution in [0.5, 0.6) is 0 Å². The lowest BCUT2D eigenvalue weighted by Gasteiger charge is -2.09. The van der Waals surface area contributed by atoms with Gasteiger partial charge in [-0.3, -0.25) is 9.98 Å². The average Bonchev–Trinajstić information content (AvgIpc) is 2.72. The van der Waals surface area contributed by atoms with Crippen molar-refractivity contribution in [2.75, 3.05) is 0 Å². The predicted molar refractivity (Wildman–Crippen MR) is 65.4 cm³/mol. The van der Waals surface area contributed by atoms with E-state index in [0.717, 1.165) is 5.69 Å². The van der Waals surface area contributed by atoms with Crippen LogP contribution in [0.25, 0.3) is 0 Å². The van der Waals surface area contributed by atoms with Gasteiger partial charge < -0.3 is 0 Å². The highest BCUT2D eigenvalue weighted by Gasteiger charge is 2.20. The second kappa shape index (κ2) is 3.56. The zero-order chi connectivity index (χ0) is 11.0. The lowest BCUT2D eigenvalue weighted by molar-refractivity contribution is 1.11. The highest BCUT2D eigenvalue weighted by Crippen LogP contribution is 2.35. The number of aliphatic imine (C=N–C) groups is 1. The van der Waals surface area contributed by atoms with Gasteiger partial charge in [0.05, 0.1) is 11.9 Å². The van der Waals surface area contributed by atoms with Crippen molar-refractivity contribution in [3.05, 3.63) is 59.4 Å². The molecule has 2 nitrogen and oxygen atoms in total. The molecule has 3 rings (SSSR count). The Labute approximate surface area is 94.7 Å². The van der Waals surface area contributed by atoms with E-state index in [0.29, 0.717) is 0 Å². The Morgan fingerprint density at radius 3 is 3.00 bits per heavy atom. The standard InChI is InChI=1S/C14H12N2/c1-10-3-2-4-11(7-10)13-8-16-14-9-15-6-5-12(13)14/h2-9,13H,1H3. The van der Waals surface area contributed by atoms with Gasteiger partial charge in [-0.15, -0.1) is 0 Å². The molecule has 2 aromatic rings. The van der Waals surface area contributed by atoms with Gasteiger partial charge in [0, 0.05) is 18.3 Å². The predicted octanol–water partition coefficient (Wildman–Crippen LogP) is 3.24. The SMILES string of the molecule is Cc1cccc(C2C=Nc3cnccc32)c1. The van der Waals surface area contributed by atoms with Crippen molar-refractivity contribution < 1.29 is 0 Å². The summed E-state index contributed by atoms with van der Waals surface area (Å²) in [4.78, 5) is 8.49. The van der Waals surface area contributed by atoms with E-state index >= 15 is 0 Å². The van der Waals surface area contributed by atoms with Gasteiger partial charge in [-0.25, -0.2) is 0 Å². The summed E-state index contributed by atoms with van der Waals surface area (Å²) in [6.45, 7) is 2.11. The zero-order valence-corrected chi connectivity index (χ0v) is 9.09. The molecule has 0 fully saturated rings. The Balaban J connectivity index is 2.08. The lowest BCUT2D eigenvalue weighted by Crippen LogP contribution is -1.98. The molecule has 1 aliphatic heterocycles. The minimum atomic E-state index is 0.290. The van der Waals surface area contributed by atoms with E-state index in [9.17, 15) is 0 Å². The largest absolute Gasteiger partial charge is 0.262 e. The molecule has 78 valence electrons. The van der Waals surface area contributed by atoms with Gasteiger partial charge in [0.2, 0.25) is 0 Å². The Bertz CT molecular complexity index is 558. The molecule has 0 aliphatic carbocycles. The van der Waals surface area contributed by atoms with E-state index in [4.69, 9.17) is 0 Å². The smallest absolute Gasteiger partial charge is 0.0851 e. The van der Waals surface area contributed by atoms with Crippen LogP contribution in [-0.4, -0.2) is 11.2 Å². The van der Waals surface area contributed by atoms with Gasteiger partial charge in [0.1, 0.15) is 0 Å². The Kier molecular flexibility index (Phi) is 2.07. The minimum absolute atomic E-state index is 0.290. The molecule has 0 bridgehead atoms. The lowest BCUT2D eigenvalue weighted by atomic mass is 9.93. The van der Waals surface area contributed by atoms with E-state index in [1.165, 1.54) is 16.7 Å². The molecule has 1 atom stereocenters. The summed E-state index contributed by atoms with van der Waals surface area (Å²) in [5.74, 6) is 0.290. The highest BCUT2D eigenvalue weighted by molar-refractivity contribution is 5.83. The molecule has 0 saturated carbocycles. The molecule has 0 radical (unpaired) electrons. The van der Waals surface area contributed by atoms with Crippen LogP contribution >= 0.6 is 0 Å². The van der Waals surface area contributed by atoms with Crippen molar-refractivity contribution in [1.29, 1.82) is 0 Å². The number of aryl methyl sites for hydroxylation is 1. The number of pyridine rings is 1. The van der Waals surface area contributed by atoms with Gasteiger partial charge in [0.25, 0.3) is 0 Å². The number of fused-ring (bicyclic) bond motifs is 1. The second-order valence-corrected chi connectivity index (χ2v) is 4.10. The quantitative estimate of drug-likeness (QED) is 0.706. The fourth-order valence-electron chi connectivity index (χ4n) is 2.13. The first-order valence-corrected chi connectivity index (χ1v) is 5.39. The van der Waals surface area contributed by atoms with Crippen LogP contribution in [0.15, 0.2) is 47.7 Å². The Morgan fingerprint density at radius 2 is 2.12 bits per heavy atom. The molecule has 0 saturated heterocycles. The van der Waals surface area contributed by atoms with E-state index in [1.807, 2.05) is 18.6 Å². The summed E-state index contributed by atoms with van der Waals surface area (Å²) in [6.07, 6.45) is 5.65. The maximum absolute atomic E-state index is 4.40. The first kappa shape index (κ1) is 9.28. The Morgan fingerprint density at radius 1 is 1.19 bits per heavy atom. The van der Waals surface area contributed by atoms with Crippen LogP contribution in [0, 0.1) is 6.92 Å². The fraction of sp³-hybridized carbons (Fsp3) is 0.143. The summed E-state index contributed by atoms with van der Waals surface area (Å²) < 4.78 is 0. The molecular formula is C14H12N2. The molecule has 2 heterocycles. The van der Waals surface area contributed by atoms with Crippen LogP contribution in [0.1, 0.15) is 22.6 Å². The number of aromatic nitrogens is 1. The molecule has 0 amide bonds. The van der Waals surface area contributed by atoms with Gasteiger partial charge in [-0.1, -0.05) is 29.8 Å². The third kappa shape index (κ3) is 1.43. The molecule has 1 aromatic carbocycles. The Hall–Kier alpha value is -1.96. The van der Waals surface area contributed by atoms with Crippen LogP contribution < -0.4 is 0 Å².